The summed E-state index contributed by atoms with van der Waals surface area (Å²) in [4.78, 5) is 17.0. The van der Waals surface area contributed by atoms with E-state index in [1.807, 2.05) is 30.0 Å². The summed E-state index contributed by atoms with van der Waals surface area (Å²) < 4.78 is 1.56. The number of aryl methyl sites for hydroxylation is 1. The van der Waals surface area contributed by atoms with Crippen LogP contribution in [-0.2, 0) is 0 Å². The Morgan fingerprint density at radius 2 is 1.96 bits per heavy atom. The van der Waals surface area contributed by atoms with Crippen molar-refractivity contribution in [1.29, 1.82) is 0 Å². The molecule has 0 spiro atoms. The van der Waals surface area contributed by atoms with E-state index in [0.717, 1.165) is 49.3 Å². The minimum absolute atomic E-state index is 0.0965. The van der Waals surface area contributed by atoms with Gasteiger partial charge in [-0.05, 0) is 47.9 Å². The molecule has 150 valence electrons. The number of hydrogen-bond acceptors (Lipinski definition) is 6. The molecule has 2 aliphatic rings. The number of urea groups is 1. The van der Waals surface area contributed by atoms with Gasteiger partial charge in [0.25, 0.3) is 0 Å². The minimum Gasteiger partial charge on any atom is -0.391 e. The van der Waals surface area contributed by atoms with Gasteiger partial charge in [-0.25, -0.2) is 9.48 Å². The van der Waals surface area contributed by atoms with E-state index < -0.39 is 0 Å². The van der Waals surface area contributed by atoms with Crippen LogP contribution in [0.4, 0.5) is 10.5 Å². The van der Waals surface area contributed by atoms with Gasteiger partial charge in [0.2, 0.25) is 0 Å². The summed E-state index contributed by atoms with van der Waals surface area (Å²) in [5.41, 5.74) is 2.53. The van der Waals surface area contributed by atoms with Gasteiger partial charge < -0.3 is 15.3 Å². The zero-order valence-electron chi connectivity index (χ0n) is 16.2. The van der Waals surface area contributed by atoms with Gasteiger partial charge in [-0.15, -0.1) is 5.10 Å². The maximum atomic E-state index is 12.8. The average molecular weight is 385 g/mol. The highest BCUT2D eigenvalue weighted by atomic mass is 16.3. The molecule has 2 aromatic rings. The average Bonchev–Trinajstić information content (AvgIpc) is 3.25. The molecular weight excluding hydrogens is 358 g/mol. The molecule has 2 atom stereocenters. The Bertz CT molecular complexity index is 803. The number of nitrogens with one attached hydrogen (secondary N) is 1. The predicted octanol–water partition coefficient (Wildman–Crippen LogP) is 1.42. The maximum absolute atomic E-state index is 12.8. The van der Waals surface area contributed by atoms with Crippen LogP contribution in [0.5, 0.6) is 0 Å². The first-order valence-corrected chi connectivity index (χ1v) is 9.94. The van der Waals surface area contributed by atoms with Crippen LogP contribution in [0, 0.1) is 6.92 Å². The van der Waals surface area contributed by atoms with Crippen LogP contribution in [0.1, 0.15) is 31.2 Å². The van der Waals surface area contributed by atoms with Crippen LogP contribution < -0.4 is 5.32 Å². The summed E-state index contributed by atoms with van der Waals surface area (Å²) in [5.74, 6) is 0. The molecule has 1 aliphatic heterocycles. The number of amides is 2. The number of hydrogen-bond donors (Lipinski definition) is 2. The Balaban J connectivity index is 1.36. The van der Waals surface area contributed by atoms with Crippen molar-refractivity contribution < 1.29 is 9.90 Å². The van der Waals surface area contributed by atoms with E-state index in [1.54, 1.807) is 4.68 Å². The van der Waals surface area contributed by atoms with Crippen LogP contribution in [-0.4, -0.2) is 79.5 Å². The lowest BCUT2D eigenvalue weighted by Crippen LogP contribution is -2.56. The molecule has 0 unspecified atom stereocenters. The van der Waals surface area contributed by atoms with Crippen molar-refractivity contribution in [1.82, 2.24) is 30.0 Å². The third-order valence-electron chi connectivity index (χ3n) is 5.84. The Labute approximate surface area is 164 Å². The number of aromatic nitrogens is 4. The molecule has 2 heterocycles. The van der Waals surface area contributed by atoms with E-state index >= 15 is 0 Å². The summed E-state index contributed by atoms with van der Waals surface area (Å²) in [7, 11) is 0. The number of carbonyl (C=O) groups excluding carboxylic acids is 1. The fraction of sp³-hybridized carbons (Fsp3) is 0.579. The Kier molecular flexibility index (Phi) is 5.54. The fourth-order valence-electron chi connectivity index (χ4n) is 4.14. The lowest BCUT2D eigenvalue weighted by atomic mass is 9.91. The fourth-order valence-corrected chi connectivity index (χ4v) is 4.14. The predicted molar refractivity (Wildman–Crippen MR) is 104 cm³/mol. The molecule has 1 aromatic heterocycles. The first kappa shape index (κ1) is 18.8. The minimum atomic E-state index is -0.231. The highest BCUT2D eigenvalue weighted by molar-refractivity contribution is 5.90. The van der Waals surface area contributed by atoms with Gasteiger partial charge >= 0.3 is 6.03 Å². The van der Waals surface area contributed by atoms with Crippen molar-refractivity contribution in [3.63, 3.8) is 0 Å². The van der Waals surface area contributed by atoms with Gasteiger partial charge in [0.15, 0.2) is 0 Å². The zero-order chi connectivity index (χ0) is 19.5. The number of aliphatic hydroxyl groups is 1. The van der Waals surface area contributed by atoms with Crippen LogP contribution in [0.2, 0.25) is 0 Å². The number of nitrogens with zero attached hydrogens (tertiary/aromatic N) is 6. The molecule has 4 rings (SSSR count). The van der Waals surface area contributed by atoms with Gasteiger partial charge in [-0.2, -0.15) is 0 Å². The molecule has 2 amide bonds. The molecule has 28 heavy (non-hydrogen) atoms. The normalized spacial score (nSPS) is 23.6. The SMILES string of the molecule is Cc1ccc(-n2cnnn2)cc1NC(=O)N1CCN([C@@H]2CCCC[C@H]2O)CC1. The molecule has 1 saturated heterocycles. The molecule has 9 heteroatoms. The number of tetrazole rings is 1. The van der Waals surface area contributed by atoms with E-state index in [4.69, 9.17) is 0 Å². The first-order valence-electron chi connectivity index (χ1n) is 9.94. The second-order valence-electron chi connectivity index (χ2n) is 7.63. The molecule has 0 radical (unpaired) electrons. The highest BCUT2D eigenvalue weighted by Crippen LogP contribution is 2.25. The molecule has 0 bridgehead atoms. The van der Waals surface area contributed by atoms with Crippen molar-refractivity contribution in [2.24, 2.45) is 0 Å². The molecule has 2 N–H and O–H groups in total. The maximum Gasteiger partial charge on any atom is 0.321 e. The van der Waals surface area contributed by atoms with Gasteiger partial charge in [0, 0.05) is 37.9 Å². The topological polar surface area (TPSA) is 99.4 Å². The van der Waals surface area contributed by atoms with Gasteiger partial charge in [0.05, 0.1) is 11.8 Å². The summed E-state index contributed by atoms with van der Waals surface area (Å²) in [5, 5.41) is 24.5. The van der Waals surface area contributed by atoms with E-state index in [0.29, 0.717) is 13.1 Å². The molecule has 2 fully saturated rings. The molecular formula is C19H27N7O2. The van der Waals surface area contributed by atoms with E-state index in [2.05, 4.69) is 25.7 Å². The second-order valence-corrected chi connectivity index (χ2v) is 7.63. The second kappa shape index (κ2) is 8.24. The monoisotopic (exact) mass is 385 g/mol. The van der Waals surface area contributed by atoms with Crippen LogP contribution >= 0.6 is 0 Å². The molecule has 1 aliphatic carbocycles. The summed E-state index contributed by atoms with van der Waals surface area (Å²) in [6, 6.07) is 5.87. The third-order valence-corrected chi connectivity index (χ3v) is 5.84. The number of anilines is 1. The Morgan fingerprint density at radius 3 is 2.68 bits per heavy atom. The van der Waals surface area contributed by atoms with Crippen molar-refractivity contribution in [2.45, 2.75) is 44.8 Å². The van der Waals surface area contributed by atoms with Gasteiger partial charge in [-0.1, -0.05) is 18.9 Å². The number of aliphatic hydroxyl groups excluding tert-OH is 1. The van der Waals surface area contributed by atoms with E-state index in [9.17, 15) is 9.90 Å². The largest absolute Gasteiger partial charge is 0.391 e. The van der Waals surface area contributed by atoms with Crippen molar-refractivity contribution >= 4 is 11.7 Å². The number of piperazine rings is 1. The molecule has 1 saturated carbocycles. The molecule has 1 aromatic carbocycles. The van der Waals surface area contributed by atoms with Gasteiger partial charge in [-0.3, -0.25) is 4.90 Å². The number of benzene rings is 1. The third kappa shape index (κ3) is 4.00. The lowest BCUT2D eigenvalue weighted by molar-refractivity contribution is 0.00275. The first-order chi connectivity index (χ1) is 13.6. The smallest absolute Gasteiger partial charge is 0.321 e. The standard InChI is InChI=1S/C19H27N7O2/c1-14-6-7-15(26-13-20-22-23-26)12-16(14)21-19(28)25-10-8-24(9-11-25)17-4-2-3-5-18(17)27/h6-7,12-13,17-18,27H,2-5,8-11H2,1H3,(H,21,28)/t17-,18-/m1/s1. The van der Waals surface area contributed by atoms with Crippen molar-refractivity contribution in [3.05, 3.63) is 30.1 Å². The van der Waals surface area contributed by atoms with Crippen molar-refractivity contribution in [2.75, 3.05) is 31.5 Å². The highest BCUT2D eigenvalue weighted by Gasteiger charge is 2.31. The van der Waals surface area contributed by atoms with Crippen LogP contribution in [0.25, 0.3) is 5.69 Å². The number of rotatable bonds is 3. The summed E-state index contributed by atoms with van der Waals surface area (Å²) in [6.07, 6.45) is 5.53. The van der Waals surface area contributed by atoms with E-state index in [-0.39, 0.29) is 18.2 Å². The van der Waals surface area contributed by atoms with E-state index in [1.165, 1.54) is 12.7 Å². The van der Waals surface area contributed by atoms with Crippen LogP contribution in [0.3, 0.4) is 0 Å². The summed E-state index contributed by atoms with van der Waals surface area (Å²) in [6.45, 7) is 4.90. The van der Waals surface area contributed by atoms with Gasteiger partial charge in [0.1, 0.15) is 6.33 Å². The Morgan fingerprint density at radius 1 is 1.18 bits per heavy atom. The van der Waals surface area contributed by atoms with Crippen LogP contribution in [0.15, 0.2) is 24.5 Å². The van der Waals surface area contributed by atoms with Crippen molar-refractivity contribution in [3.8, 4) is 5.69 Å². The quantitative estimate of drug-likeness (QED) is 0.829. The Hall–Kier alpha value is -2.52. The number of carbonyl (C=O) groups is 1. The zero-order valence-corrected chi connectivity index (χ0v) is 16.2. The molecule has 9 nitrogen and oxygen atoms in total. The lowest BCUT2D eigenvalue weighted by Gasteiger charge is -2.42. The summed E-state index contributed by atoms with van der Waals surface area (Å²) >= 11 is 0.